The summed E-state index contributed by atoms with van der Waals surface area (Å²) in [6.45, 7) is 1.96. The molecule has 5 nitrogen and oxygen atoms in total. The van der Waals surface area contributed by atoms with Crippen LogP contribution in [0.3, 0.4) is 0 Å². The molecule has 172 valence electrons. The average Bonchev–Trinajstić information content (AvgIpc) is 2.80. The highest BCUT2D eigenvalue weighted by molar-refractivity contribution is 6.08. The van der Waals surface area contributed by atoms with E-state index in [1.165, 1.54) is 0 Å². The lowest BCUT2D eigenvalue weighted by molar-refractivity contribution is 0.0991. The number of amides is 1. The van der Waals surface area contributed by atoms with Crippen molar-refractivity contribution < 1.29 is 9.18 Å². The van der Waals surface area contributed by atoms with Gasteiger partial charge in [0.25, 0.3) is 11.5 Å². The van der Waals surface area contributed by atoms with Crippen LogP contribution in [-0.4, -0.2) is 25.0 Å². The Kier molecular flexibility index (Phi) is 6.36. The molecule has 1 aliphatic carbocycles. The zero-order chi connectivity index (χ0) is 23.6. The minimum atomic E-state index is -1.58. The molecule has 1 saturated carbocycles. The SMILES string of the molecule is Cc1ccc(NC(=O)c2c(-c3ccc(N(C)C)cc3)cc(C3(F)CCCCC3)[nH]c2=O)cc1. The van der Waals surface area contributed by atoms with Gasteiger partial charge in [-0.25, -0.2) is 4.39 Å². The molecular formula is C27H30FN3O2. The lowest BCUT2D eigenvalue weighted by Crippen LogP contribution is -2.31. The predicted octanol–water partition coefficient (Wildman–Crippen LogP) is 5.80. The molecule has 1 heterocycles. The van der Waals surface area contributed by atoms with Crippen molar-refractivity contribution in [3.63, 3.8) is 0 Å². The highest BCUT2D eigenvalue weighted by Gasteiger charge is 2.36. The standard InChI is InChI=1S/C27H30FN3O2/c1-18-7-11-20(12-8-18)29-25(32)24-22(19-9-13-21(14-10-19)31(2)3)17-23(30-26(24)33)27(28)15-5-4-6-16-27/h7-14,17H,4-6,15-16H2,1-3H3,(H,29,32)(H,30,33). The van der Waals surface area contributed by atoms with Crippen LogP contribution in [0.15, 0.2) is 59.4 Å². The maximum Gasteiger partial charge on any atom is 0.261 e. The maximum absolute atomic E-state index is 15.8. The summed E-state index contributed by atoms with van der Waals surface area (Å²) in [5, 5.41) is 2.81. The number of aromatic nitrogens is 1. The minimum Gasteiger partial charge on any atom is -0.378 e. The van der Waals surface area contributed by atoms with Gasteiger partial charge in [-0.15, -0.1) is 0 Å². The first-order valence-electron chi connectivity index (χ1n) is 11.4. The van der Waals surface area contributed by atoms with E-state index in [2.05, 4.69) is 10.3 Å². The molecule has 0 aliphatic heterocycles. The minimum absolute atomic E-state index is 0.0173. The molecule has 0 bridgehead atoms. The van der Waals surface area contributed by atoms with Crippen molar-refractivity contribution in [1.29, 1.82) is 0 Å². The van der Waals surface area contributed by atoms with Gasteiger partial charge in [0.15, 0.2) is 5.67 Å². The van der Waals surface area contributed by atoms with Crippen LogP contribution < -0.4 is 15.8 Å². The van der Waals surface area contributed by atoms with Gasteiger partial charge < -0.3 is 15.2 Å². The third kappa shape index (κ3) is 4.85. The highest BCUT2D eigenvalue weighted by Crippen LogP contribution is 2.41. The molecule has 4 rings (SSSR count). The second kappa shape index (κ2) is 9.22. The normalized spacial score (nSPS) is 15.2. The Morgan fingerprint density at radius 1 is 1.00 bits per heavy atom. The Hall–Kier alpha value is -3.41. The molecule has 3 aromatic rings. The van der Waals surface area contributed by atoms with Gasteiger partial charge in [-0.05, 0) is 68.5 Å². The number of aromatic amines is 1. The van der Waals surface area contributed by atoms with Crippen LogP contribution in [0.5, 0.6) is 0 Å². The Balaban J connectivity index is 1.81. The van der Waals surface area contributed by atoms with Crippen molar-refractivity contribution in [3.05, 3.63) is 81.8 Å². The van der Waals surface area contributed by atoms with Crippen molar-refractivity contribution in [1.82, 2.24) is 4.98 Å². The number of H-pyrrole nitrogens is 1. The monoisotopic (exact) mass is 447 g/mol. The number of nitrogens with one attached hydrogen (secondary N) is 2. The van der Waals surface area contributed by atoms with Crippen LogP contribution in [0.4, 0.5) is 15.8 Å². The second-order valence-electron chi connectivity index (χ2n) is 9.09. The number of aryl methyl sites for hydroxylation is 1. The number of benzene rings is 2. The molecule has 1 aromatic heterocycles. The lowest BCUT2D eigenvalue weighted by Gasteiger charge is -2.30. The Labute approximate surface area is 193 Å². The first kappa shape index (κ1) is 22.8. The summed E-state index contributed by atoms with van der Waals surface area (Å²) in [4.78, 5) is 31.1. The van der Waals surface area contributed by atoms with Crippen molar-refractivity contribution >= 4 is 17.3 Å². The summed E-state index contributed by atoms with van der Waals surface area (Å²) in [6.07, 6.45) is 3.29. The Bertz CT molecular complexity index is 1190. The van der Waals surface area contributed by atoms with E-state index in [9.17, 15) is 9.59 Å². The maximum atomic E-state index is 15.8. The molecule has 0 spiro atoms. The number of carbonyl (C=O) groups excluding carboxylic acids is 1. The number of halogens is 1. The third-order valence-electron chi connectivity index (χ3n) is 6.39. The van der Waals surface area contributed by atoms with E-state index < -0.39 is 17.1 Å². The van der Waals surface area contributed by atoms with Crippen molar-refractivity contribution in [2.24, 2.45) is 0 Å². The van der Waals surface area contributed by atoms with Crippen LogP contribution in [-0.2, 0) is 5.67 Å². The lowest BCUT2D eigenvalue weighted by atomic mass is 9.82. The van der Waals surface area contributed by atoms with Crippen LogP contribution in [0.1, 0.15) is 53.7 Å². The molecule has 1 amide bonds. The number of pyridine rings is 1. The number of hydrogen-bond donors (Lipinski definition) is 2. The van der Waals surface area contributed by atoms with Gasteiger partial charge in [0.05, 0.1) is 5.69 Å². The smallest absolute Gasteiger partial charge is 0.261 e. The first-order chi connectivity index (χ1) is 15.8. The zero-order valence-corrected chi connectivity index (χ0v) is 19.4. The molecule has 1 fully saturated rings. The molecule has 6 heteroatoms. The fourth-order valence-corrected chi connectivity index (χ4v) is 4.41. The van der Waals surface area contributed by atoms with Gasteiger partial charge in [-0.3, -0.25) is 9.59 Å². The molecule has 0 unspecified atom stereocenters. The first-order valence-corrected chi connectivity index (χ1v) is 11.4. The summed E-state index contributed by atoms with van der Waals surface area (Å²) < 4.78 is 15.8. The van der Waals surface area contributed by atoms with Gasteiger partial charge in [-0.1, -0.05) is 36.2 Å². The number of carbonyl (C=O) groups is 1. The van der Waals surface area contributed by atoms with Gasteiger partial charge in [0.1, 0.15) is 5.56 Å². The van der Waals surface area contributed by atoms with E-state index >= 15 is 4.39 Å². The largest absolute Gasteiger partial charge is 0.378 e. The zero-order valence-electron chi connectivity index (χ0n) is 19.4. The van der Waals surface area contributed by atoms with Crippen LogP contribution in [0.25, 0.3) is 11.1 Å². The molecule has 0 saturated heterocycles. The summed E-state index contributed by atoms with van der Waals surface area (Å²) in [5.74, 6) is -0.519. The number of alkyl halides is 1. The third-order valence-corrected chi connectivity index (χ3v) is 6.39. The summed E-state index contributed by atoms with van der Waals surface area (Å²) >= 11 is 0. The van der Waals surface area contributed by atoms with Crippen LogP contribution >= 0.6 is 0 Å². The van der Waals surface area contributed by atoms with E-state index in [1.807, 2.05) is 62.3 Å². The molecule has 0 atom stereocenters. The summed E-state index contributed by atoms with van der Waals surface area (Å²) in [5.41, 5.74) is 1.86. The second-order valence-corrected chi connectivity index (χ2v) is 9.09. The van der Waals surface area contributed by atoms with Crippen molar-refractivity contribution in [2.75, 3.05) is 24.3 Å². The molecule has 2 N–H and O–H groups in total. The average molecular weight is 448 g/mol. The van der Waals surface area contributed by atoms with Gasteiger partial charge in [0, 0.05) is 31.0 Å². The molecule has 1 aliphatic rings. The van der Waals surface area contributed by atoms with Gasteiger partial charge in [-0.2, -0.15) is 0 Å². The highest BCUT2D eigenvalue weighted by atomic mass is 19.1. The number of rotatable bonds is 5. The Morgan fingerprint density at radius 2 is 1.64 bits per heavy atom. The molecule has 33 heavy (non-hydrogen) atoms. The molecular weight excluding hydrogens is 417 g/mol. The van der Waals surface area contributed by atoms with Gasteiger partial charge in [0.2, 0.25) is 0 Å². The summed E-state index contributed by atoms with van der Waals surface area (Å²) in [6, 6.07) is 16.6. The Morgan fingerprint density at radius 3 is 2.24 bits per heavy atom. The van der Waals surface area contributed by atoms with E-state index in [0.29, 0.717) is 29.7 Å². The van der Waals surface area contributed by atoms with E-state index in [-0.39, 0.29) is 11.3 Å². The number of nitrogens with zero attached hydrogens (tertiary/aromatic N) is 1. The fraction of sp³-hybridized carbons (Fsp3) is 0.333. The van der Waals surface area contributed by atoms with Crippen molar-refractivity contribution in [2.45, 2.75) is 44.7 Å². The number of anilines is 2. The summed E-state index contributed by atoms with van der Waals surface area (Å²) in [7, 11) is 3.88. The molecule has 0 radical (unpaired) electrons. The van der Waals surface area contributed by atoms with E-state index in [4.69, 9.17) is 0 Å². The van der Waals surface area contributed by atoms with Crippen LogP contribution in [0.2, 0.25) is 0 Å². The quantitative estimate of drug-likeness (QED) is 0.520. The van der Waals surface area contributed by atoms with Gasteiger partial charge >= 0.3 is 0 Å². The fourth-order valence-electron chi connectivity index (χ4n) is 4.41. The topological polar surface area (TPSA) is 65.2 Å². The van der Waals surface area contributed by atoms with Crippen LogP contribution in [0, 0.1) is 6.92 Å². The number of hydrogen-bond acceptors (Lipinski definition) is 3. The van der Waals surface area contributed by atoms with E-state index in [1.54, 1.807) is 18.2 Å². The van der Waals surface area contributed by atoms with Crippen molar-refractivity contribution in [3.8, 4) is 11.1 Å². The van der Waals surface area contributed by atoms with E-state index in [0.717, 1.165) is 30.5 Å². The molecule has 2 aromatic carbocycles. The predicted molar refractivity (Wildman–Crippen MR) is 132 cm³/mol.